The van der Waals surface area contributed by atoms with Crippen LogP contribution in [-0.2, 0) is 0 Å². The van der Waals surface area contributed by atoms with Crippen molar-refractivity contribution in [3.8, 4) is 0 Å². The van der Waals surface area contributed by atoms with E-state index < -0.39 is 6.00 Å². The lowest BCUT2D eigenvalue weighted by Crippen LogP contribution is -2.40. The molecule has 0 saturated heterocycles. The van der Waals surface area contributed by atoms with Gasteiger partial charge in [-0.2, -0.15) is 0 Å². The van der Waals surface area contributed by atoms with Gasteiger partial charge in [0.25, 0.3) is 0 Å². The van der Waals surface area contributed by atoms with Gasteiger partial charge in [-0.1, -0.05) is 41.0 Å². The Kier molecular flexibility index (Phi) is 4.02. The summed E-state index contributed by atoms with van der Waals surface area (Å²) in [6.45, 7) is 10.5. The number of rotatable bonds is 3. The highest BCUT2D eigenvalue weighted by molar-refractivity contribution is 7.65. The first-order valence-corrected chi connectivity index (χ1v) is 9.16. The van der Waals surface area contributed by atoms with Crippen LogP contribution in [0.4, 0.5) is 0 Å². The van der Waals surface area contributed by atoms with Crippen molar-refractivity contribution in [3.63, 3.8) is 0 Å². The summed E-state index contributed by atoms with van der Waals surface area (Å²) >= 11 is 18.2. The van der Waals surface area contributed by atoms with Gasteiger partial charge in [0.2, 0.25) is 0 Å². The SMILES string of the molecule is CCC(C)(C)C(C)(C)[Si](Cl)(Cl)Cl. The van der Waals surface area contributed by atoms with Crippen molar-refractivity contribution in [2.75, 3.05) is 0 Å². The Morgan fingerprint density at radius 1 is 1.00 bits per heavy atom. The Balaban J connectivity index is 4.85. The fraction of sp³-hybridized carbons (Fsp3) is 1.00. The molecule has 0 atom stereocenters. The quantitative estimate of drug-likeness (QED) is 0.494. The van der Waals surface area contributed by atoms with Crippen molar-refractivity contribution in [1.29, 1.82) is 0 Å². The Bertz CT molecular complexity index is 158. The van der Waals surface area contributed by atoms with E-state index in [-0.39, 0.29) is 10.5 Å². The molecule has 0 saturated carbocycles. The highest BCUT2D eigenvalue weighted by Gasteiger charge is 2.52. The van der Waals surface area contributed by atoms with Crippen LogP contribution in [0.1, 0.15) is 41.0 Å². The van der Waals surface area contributed by atoms with Crippen molar-refractivity contribution in [3.05, 3.63) is 0 Å². The van der Waals surface area contributed by atoms with E-state index in [1.807, 2.05) is 0 Å². The lowest BCUT2D eigenvalue weighted by atomic mass is 9.78. The minimum atomic E-state index is -2.62. The van der Waals surface area contributed by atoms with E-state index in [0.29, 0.717) is 0 Å². The fourth-order valence-corrected chi connectivity index (χ4v) is 4.07. The second kappa shape index (κ2) is 3.68. The van der Waals surface area contributed by atoms with E-state index in [2.05, 4.69) is 34.6 Å². The number of hydrogen-bond acceptors (Lipinski definition) is 0. The molecule has 4 heteroatoms. The van der Waals surface area contributed by atoms with E-state index in [1.54, 1.807) is 0 Å². The fourth-order valence-electron chi connectivity index (χ4n) is 0.826. The second-order valence-corrected chi connectivity index (χ2v) is 13.4. The first-order chi connectivity index (χ1) is 5.06. The molecule has 0 aromatic carbocycles. The Labute approximate surface area is 90.7 Å². The van der Waals surface area contributed by atoms with Gasteiger partial charge in [-0.3, -0.25) is 0 Å². The predicted octanol–water partition coefficient (Wildman–Crippen LogP) is 4.86. The van der Waals surface area contributed by atoms with Crippen LogP contribution in [0, 0.1) is 5.41 Å². The first-order valence-electron chi connectivity index (χ1n) is 4.13. The van der Waals surface area contributed by atoms with E-state index in [1.165, 1.54) is 0 Å². The van der Waals surface area contributed by atoms with Crippen LogP contribution in [0.25, 0.3) is 0 Å². The zero-order valence-electron chi connectivity index (χ0n) is 8.34. The molecule has 0 aliphatic rings. The molecule has 0 bridgehead atoms. The van der Waals surface area contributed by atoms with Gasteiger partial charge in [0, 0.05) is 5.04 Å². The summed E-state index contributed by atoms with van der Waals surface area (Å²) in [6, 6.07) is -2.62. The molecule has 0 rings (SSSR count). The molecular formula is C8H17Cl3Si. The molecule has 0 amide bonds. The summed E-state index contributed by atoms with van der Waals surface area (Å²) in [7, 11) is 0. The van der Waals surface area contributed by atoms with Crippen molar-refractivity contribution in [1.82, 2.24) is 0 Å². The Hall–Kier alpha value is 1.09. The molecule has 12 heavy (non-hydrogen) atoms. The zero-order chi connectivity index (χ0) is 10.2. The third kappa shape index (κ3) is 2.31. The average Bonchev–Trinajstić information content (AvgIpc) is 1.85. The topological polar surface area (TPSA) is 0 Å². The minimum absolute atomic E-state index is 0.0878. The van der Waals surface area contributed by atoms with Gasteiger partial charge >= 0.3 is 6.00 Å². The summed E-state index contributed by atoms with van der Waals surface area (Å²) in [4.78, 5) is 0. The van der Waals surface area contributed by atoms with Crippen molar-refractivity contribution < 1.29 is 0 Å². The maximum absolute atomic E-state index is 6.06. The van der Waals surface area contributed by atoms with Gasteiger partial charge in [0.05, 0.1) is 0 Å². The van der Waals surface area contributed by atoms with Gasteiger partial charge in [0.15, 0.2) is 0 Å². The number of hydrogen-bond donors (Lipinski definition) is 0. The molecule has 0 nitrogen and oxygen atoms in total. The van der Waals surface area contributed by atoms with Crippen LogP contribution in [0.15, 0.2) is 0 Å². The van der Waals surface area contributed by atoms with E-state index >= 15 is 0 Å². The highest BCUT2D eigenvalue weighted by Crippen LogP contribution is 2.58. The average molecular weight is 248 g/mol. The third-order valence-electron chi connectivity index (χ3n) is 3.28. The third-order valence-corrected chi connectivity index (χ3v) is 9.63. The van der Waals surface area contributed by atoms with Gasteiger partial charge in [0.1, 0.15) is 0 Å². The highest BCUT2D eigenvalue weighted by atomic mass is 35.8. The molecule has 0 aromatic rings. The van der Waals surface area contributed by atoms with Gasteiger partial charge in [-0.15, -0.1) is 33.2 Å². The molecule has 0 radical (unpaired) electrons. The Morgan fingerprint density at radius 2 is 1.33 bits per heavy atom. The molecule has 0 aromatic heterocycles. The van der Waals surface area contributed by atoms with Gasteiger partial charge in [-0.25, -0.2) is 0 Å². The summed E-state index contributed by atoms with van der Waals surface area (Å²) in [5, 5.41) is -0.181. The molecule has 74 valence electrons. The molecular weight excluding hydrogens is 231 g/mol. The van der Waals surface area contributed by atoms with Crippen molar-refractivity contribution >= 4 is 39.2 Å². The summed E-state index contributed by atoms with van der Waals surface area (Å²) in [5.74, 6) is 0. The first kappa shape index (κ1) is 13.1. The largest absolute Gasteiger partial charge is 0.347 e. The smallest absolute Gasteiger partial charge is 0.125 e. The van der Waals surface area contributed by atoms with Crippen LogP contribution in [0.2, 0.25) is 5.04 Å². The van der Waals surface area contributed by atoms with Crippen LogP contribution >= 0.6 is 33.2 Å². The maximum Gasteiger partial charge on any atom is 0.347 e. The lowest BCUT2D eigenvalue weighted by molar-refractivity contribution is 0.253. The predicted molar refractivity (Wildman–Crippen MR) is 61.4 cm³/mol. The molecule has 0 aliphatic carbocycles. The second-order valence-electron chi connectivity index (χ2n) is 4.36. The summed E-state index contributed by atoms with van der Waals surface area (Å²) < 4.78 is 0. The van der Waals surface area contributed by atoms with Crippen LogP contribution < -0.4 is 0 Å². The number of halogens is 3. The summed E-state index contributed by atoms with van der Waals surface area (Å²) in [6.07, 6.45) is 1.03. The molecule has 0 spiro atoms. The van der Waals surface area contributed by atoms with Crippen molar-refractivity contribution in [2.24, 2.45) is 5.41 Å². The molecule has 0 N–H and O–H groups in total. The van der Waals surface area contributed by atoms with E-state index in [9.17, 15) is 0 Å². The van der Waals surface area contributed by atoms with Crippen LogP contribution in [-0.4, -0.2) is 6.00 Å². The van der Waals surface area contributed by atoms with E-state index in [0.717, 1.165) is 6.42 Å². The minimum Gasteiger partial charge on any atom is -0.125 e. The van der Waals surface area contributed by atoms with Gasteiger partial charge < -0.3 is 0 Å². The zero-order valence-corrected chi connectivity index (χ0v) is 11.6. The monoisotopic (exact) mass is 246 g/mol. The van der Waals surface area contributed by atoms with Crippen molar-refractivity contribution in [2.45, 2.75) is 46.1 Å². The van der Waals surface area contributed by atoms with Crippen LogP contribution in [0.5, 0.6) is 0 Å². The van der Waals surface area contributed by atoms with Gasteiger partial charge in [-0.05, 0) is 5.41 Å². The molecule has 0 fully saturated rings. The van der Waals surface area contributed by atoms with Crippen LogP contribution in [0.3, 0.4) is 0 Å². The molecule has 0 heterocycles. The standard InChI is InChI=1S/C8H17Cl3Si/c1-6-7(2,3)8(4,5)12(9,10)11/h6H2,1-5H3. The van der Waals surface area contributed by atoms with E-state index in [4.69, 9.17) is 33.2 Å². The molecule has 0 aliphatic heterocycles. The normalized spacial score (nSPS) is 15.0. The maximum atomic E-state index is 6.06. The summed E-state index contributed by atoms with van der Waals surface area (Å²) in [5.41, 5.74) is 0.0878. The lowest BCUT2D eigenvalue weighted by Gasteiger charge is -2.44. The Morgan fingerprint density at radius 3 is 1.42 bits per heavy atom. The molecule has 0 unspecified atom stereocenters.